The lowest BCUT2D eigenvalue weighted by Gasteiger charge is -2.38. The first kappa shape index (κ1) is 12.8. The lowest BCUT2D eigenvalue weighted by molar-refractivity contribution is 0.292. The van der Waals surface area contributed by atoms with Crippen LogP contribution in [0.1, 0.15) is 32.4 Å². The van der Waals surface area contributed by atoms with Crippen molar-refractivity contribution in [1.29, 1.82) is 0 Å². The molecular weight excluding hydrogens is 258 g/mol. The molecule has 3 rings (SSSR count). The summed E-state index contributed by atoms with van der Waals surface area (Å²) >= 11 is 6.16. The Morgan fingerprint density at radius 2 is 2.21 bits per heavy atom. The van der Waals surface area contributed by atoms with Gasteiger partial charge in [-0.25, -0.2) is 4.98 Å². The number of alkyl halides is 1. The van der Waals surface area contributed by atoms with Crippen molar-refractivity contribution in [1.82, 2.24) is 9.38 Å². The predicted octanol–water partition coefficient (Wildman–Crippen LogP) is 3.70. The summed E-state index contributed by atoms with van der Waals surface area (Å²) in [6.45, 7) is 6.79. The highest BCUT2D eigenvalue weighted by Gasteiger charge is 2.29. The Hall–Kier alpha value is -1.22. The molecule has 0 aromatic carbocycles. The van der Waals surface area contributed by atoms with Crippen LogP contribution in [0.2, 0.25) is 0 Å². The summed E-state index contributed by atoms with van der Waals surface area (Å²) in [5.41, 5.74) is 2.45. The van der Waals surface area contributed by atoms with Gasteiger partial charge >= 0.3 is 0 Å². The van der Waals surface area contributed by atoms with E-state index >= 15 is 0 Å². The molecule has 3 heterocycles. The van der Waals surface area contributed by atoms with Crippen LogP contribution in [0.3, 0.4) is 0 Å². The van der Waals surface area contributed by atoms with Crippen molar-refractivity contribution in [3.8, 4) is 0 Å². The zero-order valence-corrected chi connectivity index (χ0v) is 12.3. The van der Waals surface area contributed by atoms with Crippen LogP contribution in [0.25, 0.3) is 5.65 Å². The fourth-order valence-electron chi connectivity index (χ4n) is 3.02. The molecule has 2 aromatic rings. The predicted molar refractivity (Wildman–Crippen MR) is 80.0 cm³/mol. The molecule has 0 atom stereocenters. The number of hydrogen-bond donors (Lipinski definition) is 0. The van der Waals surface area contributed by atoms with Gasteiger partial charge in [0.15, 0.2) is 5.82 Å². The number of aromatic nitrogens is 2. The molecule has 1 saturated heterocycles. The fraction of sp³-hybridized carbons (Fsp3) is 0.533. The van der Waals surface area contributed by atoms with Crippen molar-refractivity contribution in [2.75, 3.05) is 18.0 Å². The Morgan fingerprint density at radius 1 is 1.37 bits per heavy atom. The summed E-state index contributed by atoms with van der Waals surface area (Å²) in [4.78, 5) is 7.17. The van der Waals surface area contributed by atoms with E-state index in [0.29, 0.717) is 11.3 Å². The Balaban J connectivity index is 2.04. The van der Waals surface area contributed by atoms with Crippen LogP contribution in [0, 0.1) is 5.41 Å². The average Bonchev–Trinajstić information content (AvgIpc) is 2.76. The zero-order chi connectivity index (χ0) is 13.5. The molecule has 1 fully saturated rings. The highest BCUT2D eigenvalue weighted by Crippen LogP contribution is 2.33. The number of pyridine rings is 1. The largest absolute Gasteiger partial charge is 0.355 e. The number of halogens is 1. The molecule has 1 aliphatic heterocycles. The molecule has 0 radical (unpaired) electrons. The highest BCUT2D eigenvalue weighted by molar-refractivity contribution is 6.17. The lowest BCUT2D eigenvalue weighted by Crippen LogP contribution is -2.40. The fourth-order valence-corrected chi connectivity index (χ4v) is 3.26. The molecule has 0 bridgehead atoms. The van der Waals surface area contributed by atoms with Gasteiger partial charge in [-0.3, -0.25) is 0 Å². The Bertz CT molecular complexity index is 588. The maximum absolute atomic E-state index is 6.16. The standard InChI is InChI=1S/C15H20ClN3/c1-15(2)7-5-8-18(11-15)14-12(10-16)19-9-4-3-6-13(19)17-14/h3-4,6,9H,5,7-8,10-11H2,1-2H3. The maximum Gasteiger partial charge on any atom is 0.152 e. The first-order chi connectivity index (χ1) is 9.11. The smallest absolute Gasteiger partial charge is 0.152 e. The molecule has 4 heteroatoms. The van der Waals surface area contributed by atoms with Crippen molar-refractivity contribution < 1.29 is 0 Å². The lowest BCUT2D eigenvalue weighted by atomic mass is 9.84. The Kier molecular flexibility index (Phi) is 3.17. The summed E-state index contributed by atoms with van der Waals surface area (Å²) in [6.07, 6.45) is 4.55. The maximum atomic E-state index is 6.16. The van der Waals surface area contributed by atoms with Gasteiger partial charge in [0.1, 0.15) is 5.65 Å². The Labute approximate surface area is 119 Å². The first-order valence-electron chi connectivity index (χ1n) is 6.88. The first-order valence-corrected chi connectivity index (χ1v) is 7.41. The molecular formula is C15H20ClN3. The van der Waals surface area contributed by atoms with Crippen LogP contribution in [0.15, 0.2) is 24.4 Å². The number of fused-ring (bicyclic) bond motifs is 1. The van der Waals surface area contributed by atoms with Crippen LogP contribution < -0.4 is 4.90 Å². The van der Waals surface area contributed by atoms with Crippen molar-refractivity contribution in [2.24, 2.45) is 5.41 Å². The van der Waals surface area contributed by atoms with Gasteiger partial charge in [-0.2, -0.15) is 0 Å². The molecule has 102 valence electrons. The van der Waals surface area contributed by atoms with Gasteiger partial charge in [-0.1, -0.05) is 19.9 Å². The number of hydrogen-bond acceptors (Lipinski definition) is 2. The zero-order valence-electron chi connectivity index (χ0n) is 11.6. The van der Waals surface area contributed by atoms with Gasteiger partial charge in [0, 0.05) is 19.3 Å². The summed E-state index contributed by atoms with van der Waals surface area (Å²) in [7, 11) is 0. The Morgan fingerprint density at radius 3 is 2.95 bits per heavy atom. The van der Waals surface area contributed by atoms with E-state index in [2.05, 4.69) is 23.1 Å². The SMILES string of the molecule is CC1(C)CCCN(c2nc3ccccn3c2CCl)C1. The molecule has 3 nitrogen and oxygen atoms in total. The number of anilines is 1. The van der Waals surface area contributed by atoms with E-state index in [1.165, 1.54) is 12.8 Å². The van der Waals surface area contributed by atoms with Crippen molar-refractivity contribution >= 4 is 23.1 Å². The third-order valence-electron chi connectivity index (χ3n) is 3.93. The van der Waals surface area contributed by atoms with Gasteiger partial charge in [-0.05, 0) is 30.4 Å². The van der Waals surface area contributed by atoms with E-state index in [1.54, 1.807) is 0 Å². The number of piperidine rings is 1. The van der Waals surface area contributed by atoms with E-state index in [4.69, 9.17) is 16.6 Å². The summed E-state index contributed by atoms with van der Waals surface area (Å²) in [5, 5.41) is 0. The molecule has 0 saturated carbocycles. The topological polar surface area (TPSA) is 20.5 Å². The van der Waals surface area contributed by atoms with Crippen LogP contribution in [0.4, 0.5) is 5.82 Å². The van der Waals surface area contributed by atoms with E-state index < -0.39 is 0 Å². The molecule has 0 aliphatic carbocycles. The molecule has 0 amide bonds. The van der Waals surface area contributed by atoms with E-state index in [0.717, 1.165) is 30.2 Å². The normalized spacial score (nSPS) is 19.0. The van der Waals surface area contributed by atoms with E-state index in [-0.39, 0.29) is 0 Å². The van der Waals surface area contributed by atoms with Gasteiger partial charge < -0.3 is 9.30 Å². The quantitative estimate of drug-likeness (QED) is 0.780. The van der Waals surface area contributed by atoms with Crippen molar-refractivity contribution in [3.05, 3.63) is 30.1 Å². The average molecular weight is 278 g/mol. The molecule has 1 aliphatic rings. The summed E-state index contributed by atoms with van der Waals surface area (Å²) in [6, 6.07) is 6.08. The third kappa shape index (κ3) is 2.32. The molecule has 0 spiro atoms. The van der Waals surface area contributed by atoms with Crippen molar-refractivity contribution in [2.45, 2.75) is 32.6 Å². The second-order valence-electron chi connectivity index (χ2n) is 6.13. The van der Waals surface area contributed by atoms with Crippen LogP contribution >= 0.6 is 11.6 Å². The van der Waals surface area contributed by atoms with Crippen LogP contribution in [-0.4, -0.2) is 22.5 Å². The summed E-state index contributed by atoms with van der Waals surface area (Å²) in [5.74, 6) is 1.56. The minimum atomic E-state index is 0.359. The molecule has 19 heavy (non-hydrogen) atoms. The molecule has 0 unspecified atom stereocenters. The number of imidazole rings is 1. The van der Waals surface area contributed by atoms with Crippen molar-refractivity contribution in [3.63, 3.8) is 0 Å². The highest BCUT2D eigenvalue weighted by atomic mass is 35.5. The second-order valence-corrected chi connectivity index (χ2v) is 6.40. The van der Waals surface area contributed by atoms with Gasteiger partial charge in [0.05, 0.1) is 11.6 Å². The van der Waals surface area contributed by atoms with Gasteiger partial charge in [0.25, 0.3) is 0 Å². The molecule has 2 aromatic heterocycles. The van der Waals surface area contributed by atoms with Gasteiger partial charge in [-0.15, -0.1) is 11.6 Å². The molecule has 0 N–H and O–H groups in total. The van der Waals surface area contributed by atoms with Gasteiger partial charge in [0.2, 0.25) is 0 Å². The summed E-state index contributed by atoms with van der Waals surface area (Å²) < 4.78 is 2.10. The number of nitrogens with zero attached hydrogens (tertiary/aromatic N) is 3. The van der Waals surface area contributed by atoms with Crippen LogP contribution in [-0.2, 0) is 5.88 Å². The van der Waals surface area contributed by atoms with Crippen LogP contribution in [0.5, 0.6) is 0 Å². The number of rotatable bonds is 2. The minimum absolute atomic E-state index is 0.359. The second kappa shape index (κ2) is 4.71. The minimum Gasteiger partial charge on any atom is -0.355 e. The monoisotopic (exact) mass is 277 g/mol. The van der Waals surface area contributed by atoms with E-state index in [1.807, 2.05) is 24.4 Å². The third-order valence-corrected chi connectivity index (χ3v) is 4.19. The van der Waals surface area contributed by atoms with E-state index in [9.17, 15) is 0 Å².